The molecule has 0 heterocycles. The zero-order valence-corrected chi connectivity index (χ0v) is 8.11. The summed E-state index contributed by atoms with van der Waals surface area (Å²) in [6.45, 7) is 0. The van der Waals surface area contributed by atoms with Crippen molar-refractivity contribution in [2.75, 3.05) is 0 Å². The molecule has 0 nitrogen and oxygen atoms in total. The lowest BCUT2D eigenvalue weighted by Crippen LogP contribution is -2.06. The normalized spacial score (nSPS) is 16.9. The lowest BCUT2D eigenvalue weighted by molar-refractivity contribution is -0.135. The van der Waals surface area contributed by atoms with Gasteiger partial charge in [-0.05, 0) is 32.1 Å². The van der Waals surface area contributed by atoms with Crippen LogP contribution in [0.25, 0.3) is 0 Å². The summed E-state index contributed by atoms with van der Waals surface area (Å²) >= 11 is 0. The number of hydrogen-bond acceptors (Lipinski definition) is 0. The molecule has 0 aromatic carbocycles. The highest BCUT2D eigenvalue weighted by Crippen LogP contribution is 2.24. The summed E-state index contributed by atoms with van der Waals surface area (Å²) < 4.78 is 35.4. The molecule has 3 heteroatoms. The highest BCUT2D eigenvalue weighted by molar-refractivity contribution is 5.21. The van der Waals surface area contributed by atoms with Gasteiger partial charge in [0.2, 0.25) is 0 Å². The van der Waals surface area contributed by atoms with Gasteiger partial charge in [0.25, 0.3) is 0 Å². The van der Waals surface area contributed by atoms with Crippen LogP contribution in [0.4, 0.5) is 13.2 Å². The summed E-state index contributed by atoms with van der Waals surface area (Å²) in [5.74, 6) is 0. The molecule has 0 fully saturated rings. The van der Waals surface area contributed by atoms with Crippen LogP contribution in [0, 0.1) is 0 Å². The Bertz CT molecular complexity index is 223. The molecule has 0 spiro atoms. The Labute approximate surface area is 82.5 Å². The van der Waals surface area contributed by atoms with Crippen molar-refractivity contribution in [2.24, 2.45) is 0 Å². The van der Waals surface area contributed by atoms with E-state index in [9.17, 15) is 13.2 Å². The van der Waals surface area contributed by atoms with Crippen LogP contribution < -0.4 is 0 Å². The average molecular weight is 204 g/mol. The van der Waals surface area contributed by atoms with E-state index in [1.165, 1.54) is 5.57 Å². The predicted molar refractivity (Wildman–Crippen MR) is 51.0 cm³/mol. The SMILES string of the molecule is FC(F)(F)CCCCC1=CCCC=C1. The van der Waals surface area contributed by atoms with Crippen LogP contribution in [0.5, 0.6) is 0 Å². The number of halogens is 3. The third-order valence-corrected chi connectivity index (χ3v) is 2.25. The molecule has 0 aliphatic heterocycles. The summed E-state index contributed by atoms with van der Waals surface area (Å²) in [4.78, 5) is 0. The lowest BCUT2D eigenvalue weighted by Gasteiger charge is -2.08. The van der Waals surface area contributed by atoms with Gasteiger partial charge in [-0.15, -0.1) is 0 Å². The molecule has 0 amide bonds. The average Bonchev–Trinajstić information content (AvgIpc) is 2.13. The largest absolute Gasteiger partial charge is 0.389 e. The fraction of sp³-hybridized carbons (Fsp3) is 0.636. The molecule has 0 atom stereocenters. The van der Waals surface area contributed by atoms with Gasteiger partial charge >= 0.3 is 6.18 Å². The van der Waals surface area contributed by atoms with Gasteiger partial charge in [-0.3, -0.25) is 0 Å². The van der Waals surface area contributed by atoms with Crippen molar-refractivity contribution < 1.29 is 13.2 Å². The van der Waals surface area contributed by atoms with Crippen molar-refractivity contribution >= 4 is 0 Å². The Morgan fingerprint density at radius 3 is 2.50 bits per heavy atom. The van der Waals surface area contributed by atoms with Crippen molar-refractivity contribution in [3.8, 4) is 0 Å². The summed E-state index contributed by atoms with van der Waals surface area (Å²) in [5.41, 5.74) is 1.19. The molecule has 0 aromatic heterocycles. The van der Waals surface area contributed by atoms with Crippen molar-refractivity contribution in [3.05, 3.63) is 23.8 Å². The molecule has 1 aliphatic carbocycles. The van der Waals surface area contributed by atoms with Crippen LogP contribution in [-0.4, -0.2) is 6.18 Å². The second-order valence-electron chi connectivity index (χ2n) is 3.58. The van der Waals surface area contributed by atoms with E-state index in [1.54, 1.807) is 0 Å². The fourth-order valence-corrected chi connectivity index (χ4v) is 1.51. The summed E-state index contributed by atoms with van der Waals surface area (Å²) in [6, 6.07) is 0. The van der Waals surface area contributed by atoms with E-state index in [0.29, 0.717) is 6.42 Å². The standard InChI is InChI=1S/C11H15F3/c12-11(13,14)9-5-4-8-10-6-2-1-3-7-10/h2,6-7H,1,3-5,8-9H2. The van der Waals surface area contributed by atoms with Crippen LogP contribution in [0.1, 0.15) is 38.5 Å². The Kier molecular flexibility index (Phi) is 4.23. The summed E-state index contributed by atoms with van der Waals surface area (Å²) in [7, 11) is 0. The van der Waals surface area contributed by atoms with Crippen molar-refractivity contribution in [2.45, 2.75) is 44.7 Å². The highest BCUT2D eigenvalue weighted by Gasteiger charge is 2.25. The molecule has 1 rings (SSSR count). The molecule has 1 aliphatic rings. The number of alkyl halides is 3. The van der Waals surface area contributed by atoms with Crippen LogP contribution in [0.15, 0.2) is 23.8 Å². The molecule has 0 N–H and O–H groups in total. The van der Waals surface area contributed by atoms with E-state index in [-0.39, 0.29) is 6.42 Å². The monoisotopic (exact) mass is 204 g/mol. The van der Waals surface area contributed by atoms with E-state index in [4.69, 9.17) is 0 Å². The van der Waals surface area contributed by atoms with Gasteiger partial charge in [0.15, 0.2) is 0 Å². The van der Waals surface area contributed by atoms with Crippen LogP contribution >= 0.6 is 0 Å². The highest BCUT2D eigenvalue weighted by atomic mass is 19.4. The van der Waals surface area contributed by atoms with Crippen LogP contribution in [-0.2, 0) is 0 Å². The van der Waals surface area contributed by atoms with Crippen molar-refractivity contribution in [3.63, 3.8) is 0 Å². The first kappa shape index (κ1) is 11.3. The first-order chi connectivity index (χ1) is 6.58. The first-order valence-electron chi connectivity index (χ1n) is 5.00. The van der Waals surface area contributed by atoms with Gasteiger partial charge in [-0.1, -0.05) is 23.8 Å². The smallest absolute Gasteiger partial charge is 0.171 e. The number of hydrogen-bond donors (Lipinski definition) is 0. The molecular weight excluding hydrogens is 189 g/mol. The minimum absolute atomic E-state index is 0.245. The number of unbranched alkanes of at least 4 members (excludes halogenated alkanes) is 1. The van der Waals surface area contributed by atoms with Gasteiger partial charge in [-0.25, -0.2) is 0 Å². The van der Waals surface area contributed by atoms with Crippen molar-refractivity contribution in [1.82, 2.24) is 0 Å². The molecule has 0 aromatic rings. The minimum atomic E-state index is -3.99. The third kappa shape index (κ3) is 5.10. The Morgan fingerprint density at radius 1 is 1.14 bits per heavy atom. The summed E-state index contributed by atoms with van der Waals surface area (Å²) in [6.07, 6.45) is 5.35. The predicted octanol–water partition coefficient (Wildman–Crippen LogP) is 4.39. The maximum atomic E-state index is 11.8. The van der Waals surface area contributed by atoms with Gasteiger partial charge in [0.1, 0.15) is 0 Å². The molecule has 0 saturated heterocycles. The van der Waals surface area contributed by atoms with Crippen LogP contribution in [0.2, 0.25) is 0 Å². The molecule has 14 heavy (non-hydrogen) atoms. The van der Waals surface area contributed by atoms with E-state index >= 15 is 0 Å². The van der Waals surface area contributed by atoms with E-state index in [0.717, 1.165) is 19.3 Å². The number of allylic oxidation sites excluding steroid dienone is 4. The van der Waals surface area contributed by atoms with Gasteiger partial charge < -0.3 is 0 Å². The topological polar surface area (TPSA) is 0 Å². The molecule has 0 unspecified atom stereocenters. The van der Waals surface area contributed by atoms with Gasteiger partial charge in [0.05, 0.1) is 0 Å². The number of rotatable bonds is 4. The molecule has 0 saturated carbocycles. The zero-order chi connectivity index (χ0) is 10.4. The quantitative estimate of drug-likeness (QED) is 0.596. The zero-order valence-electron chi connectivity index (χ0n) is 8.11. The molecule has 80 valence electrons. The lowest BCUT2D eigenvalue weighted by atomic mass is 10.0. The first-order valence-corrected chi connectivity index (χ1v) is 5.00. The van der Waals surface area contributed by atoms with Crippen LogP contribution in [0.3, 0.4) is 0 Å². The minimum Gasteiger partial charge on any atom is -0.171 e. The molecular formula is C11H15F3. The Balaban J connectivity index is 2.10. The fourth-order valence-electron chi connectivity index (χ4n) is 1.51. The second-order valence-corrected chi connectivity index (χ2v) is 3.58. The Morgan fingerprint density at radius 2 is 1.93 bits per heavy atom. The summed E-state index contributed by atoms with van der Waals surface area (Å²) in [5, 5.41) is 0. The second kappa shape index (κ2) is 5.23. The Hall–Kier alpha value is -0.730. The van der Waals surface area contributed by atoms with Gasteiger partial charge in [-0.2, -0.15) is 13.2 Å². The van der Waals surface area contributed by atoms with E-state index in [1.807, 2.05) is 6.08 Å². The van der Waals surface area contributed by atoms with E-state index < -0.39 is 12.6 Å². The molecule has 0 bridgehead atoms. The maximum absolute atomic E-state index is 11.8. The third-order valence-electron chi connectivity index (χ3n) is 2.25. The molecule has 0 radical (unpaired) electrons. The maximum Gasteiger partial charge on any atom is 0.389 e. The van der Waals surface area contributed by atoms with E-state index in [2.05, 4.69) is 12.2 Å². The van der Waals surface area contributed by atoms with Crippen molar-refractivity contribution in [1.29, 1.82) is 0 Å². The van der Waals surface area contributed by atoms with Gasteiger partial charge in [0, 0.05) is 6.42 Å².